The molecule has 1 N–H and O–H groups in total. The molecule has 0 aliphatic heterocycles. The number of sulfone groups is 1. The Morgan fingerprint density at radius 3 is 1.72 bits per heavy atom. The monoisotopic (exact) mass is 378 g/mol. The molecule has 4 nitrogen and oxygen atoms in total. The fourth-order valence-electron chi connectivity index (χ4n) is 3.05. The van der Waals surface area contributed by atoms with E-state index >= 15 is 0 Å². The summed E-state index contributed by atoms with van der Waals surface area (Å²) in [4.78, 5) is 0. The average molecular weight is 379 g/mol. The zero-order valence-corrected chi connectivity index (χ0v) is 17.7. The van der Waals surface area contributed by atoms with Crippen molar-refractivity contribution in [2.24, 2.45) is 0 Å². The number of aliphatic hydroxyl groups excluding tert-OH is 1. The SMILES string of the molecule is CCCCCCCCCCCCCC(C)OC(CCO)S(=O)(=O)CC. The third kappa shape index (κ3) is 13.7. The highest BCUT2D eigenvalue weighted by Gasteiger charge is 2.25. The van der Waals surface area contributed by atoms with Crippen molar-refractivity contribution < 1.29 is 18.3 Å². The summed E-state index contributed by atoms with van der Waals surface area (Å²) in [5, 5.41) is 9.04. The molecule has 152 valence electrons. The van der Waals surface area contributed by atoms with Gasteiger partial charge in [-0.1, -0.05) is 84.5 Å². The van der Waals surface area contributed by atoms with Gasteiger partial charge in [0.1, 0.15) is 0 Å². The van der Waals surface area contributed by atoms with Crippen LogP contribution in [0.3, 0.4) is 0 Å². The summed E-state index contributed by atoms with van der Waals surface area (Å²) >= 11 is 0. The predicted octanol–water partition coefficient (Wildman–Crippen LogP) is 5.24. The number of ether oxygens (including phenoxy) is 1. The molecule has 2 atom stereocenters. The Morgan fingerprint density at radius 2 is 1.28 bits per heavy atom. The van der Waals surface area contributed by atoms with E-state index < -0.39 is 15.3 Å². The molecule has 0 amide bonds. The Balaban J connectivity index is 3.67. The third-order valence-electron chi connectivity index (χ3n) is 4.77. The van der Waals surface area contributed by atoms with E-state index in [1.165, 1.54) is 64.2 Å². The van der Waals surface area contributed by atoms with Crippen LogP contribution in [0.5, 0.6) is 0 Å². The summed E-state index contributed by atoms with van der Waals surface area (Å²) in [6, 6.07) is 0. The molecule has 0 aromatic heterocycles. The van der Waals surface area contributed by atoms with Crippen LogP contribution in [0.1, 0.15) is 104 Å². The molecule has 0 saturated heterocycles. The van der Waals surface area contributed by atoms with Crippen LogP contribution in [0.25, 0.3) is 0 Å². The van der Waals surface area contributed by atoms with E-state index in [4.69, 9.17) is 9.84 Å². The Bertz CT molecular complexity index is 381. The van der Waals surface area contributed by atoms with Gasteiger partial charge in [-0.3, -0.25) is 0 Å². The van der Waals surface area contributed by atoms with Gasteiger partial charge in [0, 0.05) is 18.8 Å². The largest absolute Gasteiger partial charge is 0.396 e. The molecule has 0 fully saturated rings. The highest BCUT2D eigenvalue weighted by molar-refractivity contribution is 7.91. The van der Waals surface area contributed by atoms with Gasteiger partial charge in [0.2, 0.25) is 0 Å². The van der Waals surface area contributed by atoms with Gasteiger partial charge in [-0.15, -0.1) is 0 Å². The maximum Gasteiger partial charge on any atom is 0.176 e. The van der Waals surface area contributed by atoms with Gasteiger partial charge in [-0.05, 0) is 13.3 Å². The second kappa shape index (κ2) is 16.1. The van der Waals surface area contributed by atoms with Crippen LogP contribution < -0.4 is 0 Å². The van der Waals surface area contributed by atoms with Gasteiger partial charge in [0.15, 0.2) is 15.3 Å². The Kier molecular flexibility index (Phi) is 16.0. The molecular weight excluding hydrogens is 336 g/mol. The van der Waals surface area contributed by atoms with Gasteiger partial charge in [-0.2, -0.15) is 0 Å². The minimum absolute atomic E-state index is 0.0584. The number of hydrogen-bond acceptors (Lipinski definition) is 4. The first-order valence-electron chi connectivity index (χ1n) is 10.5. The molecule has 25 heavy (non-hydrogen) atoms. The van der Waals surface area contributed by atoms with E-state index in [1.54, 1.807) is 6.92 Å². The van der Waals surface area contributed by atoms with Crippen molar-refractivity contribution in [3.8, 4) is 0 Å². The van der Waals surface area contributed by atoms with E-state index in [0.29, 0.717) is 0 Å². The lowest BCUT2D eigenvalue weighted by Gasteiger charge is -2.21. The van der Waals surface area contributed by atoms with Crippen molar-refractivity contribution in [2.75, 3.05) is 12.4 Å². The molecule has 0 aromatic carbocycles. The molecule has 5 heteroatoms. The second-order valence-corrected chi connectivity index (χ2v) is 9.59. The lowest BCUT2D eigenvalue weighted by Crippen LogP contribution is -2.30. The van der Waals surface area contributed by atoms with E-state index in [0.717, 1.165) is 12.8 Å². The first kappa shape index (κ1) is 24.9. The Morgan fingerprint density at radius 1 is 0.800 bits per heavy atom. The van der Waals surface area contributed by atoms with E-state index in [2.05, 4.69) is 6.92 Å². The van der Waals surface area contributed by atoms with Crippen LogP contribution in [-0.4, -0.2) is 37.4 Å². The lowest BCUT2D eigenvalue weighted by atomic mass is 10.0. The zero-order valence-electron chi connectivity index (χ0n) is 16.8. The zero-order chi connectivity index (χ0) is 19.0. The molecule has 0 aliphatic carbocycles. The Labute approximate surface area is 156 Å². The fourth-order valence-corrected chi connectivity index (χ4v) is 4.24. The first-order chi connectivity index (χ1) is 12.0. The van der Waals surface area contributed by atoms with E-state index in [-0.39, 0.29) is 24.9 Å². The summed E-state index contributed by atoms with van der Waals surface area (Å²) in [5.41, 5.74) is -0.856. The Hall–Kier alpha value is -0.130. The maximum atomic E-state index is 11.9. The lowest BCUT2D eigenvalue weighted by molar-refractivity contribution is 0.0237. The van der Waals surface area contributed by atoms with Gasteiger partial charge in [-0.25, -0.2) is 8.42 Å². The average Bonchev–Trinajstić information content (AvgIpc) is 2.59. The number of rotatable bonds is 18. The van der Waals surface area contributed by atoms with Crippen molar-refractivity contribution >= 4 is 9.84 Å². The van der Waals surface area contributed by atoms with Gasteiger partial charge >= 0.3 is 0 Å². The summed E-state index contributed by atoms with van der Waals surface area (Å²) in [5.74, 6) is 0.0584. The molecule has 0 rings (SSSR count). The van der Waals surface area contributed by atoms with E-state index in [9.17, 15) is 8.42 Å². The normalized spacial score (nSPS) is 14.6. The molecule has 2 unspecified atom stereocenters. The molecular formula is C20H42O4S. The van der Waals surface area contributed by atoms with Gasteiger partial charge in [0.05, 0.1) is 6.10 Å². The molecule has 0 radical (unpaired) electrons. The molecule has 0 bridgehead atoms. The molecule has 0 aliphatic rings. The van der Waals surface area contributed by atoms with Gasteiger partial charge < -0.3 is 9.84 Å². The molecule has 0 saturated carbocycles. The van der Waals surface area contributed by atoms with Crippen molar-refractivity contribution in [2.45, 2.75) is 116 Å². The van der Waals surface area contributed by atoms with Crippen LogP contribution in [0, 0.1) is 0 Å². The number of unbranched alkanes of at least 4 members (excludes halogenated alkanes) is 10. The standard InChI is InChI=1S/C20H42O4S/c1-4-6-7-8-9-10-11-12-13-14-15-16-19(3)24-20(17-18-21)25(22,23)5-2/h19-21H,4-18H2,1-3H3. The van der Waals surface area contributed by atoms with Crippen LogP contribution in [0.15, 0.2) is 0 Å². The van der Waals surface area contributed by atoms with Crippen molar-refractivity contribution in [3.63, 3.8) is 0 Å². The number of aliphatic hydroxyl groups is 1. The number of hydrogen-bond donors (Lipinski definition) is 1. The maximum absolute atomic E-state index is 11.9. The van der Waals surface area contributed by atoms with E-state index in [1.807, 2.05) is 6.92 Å². The first-order valence-corrected chi connectivity index (χ1v) is 12.2. The van der Waals surface area contributed by atoms with Crippen LogP contribution in [0.4, 0.5) is 0 Å². The summed E-state index contributed by atoms with van der Waals surface area (Å²) < 4.78 is 29.6. The van der Waals surface area contributed by atoms with Crippen molar-refractivity contribution in [1.29, 1.82) is 0 Å². The smallest absolute Gasteiger partial charge is 0.176 e. The summed E-state index contributed by atoms with van der Waals surface area (Å²) in [6.07, 6.45) is 15.4. The highest BCUT2D eigenvalue weighted by atomic mass is 32.2. The highest BCUT2D eigenvalue weighted by Crippen LogP contribution is 2.17. The van der Waals surface area contributed by atoms with Crippen molar-refractivity contribution in [1.82, 2.24) is 0 Å². The second-order valence-electron chi connectivity index (χ2n) is 7.16. The minimum atomic E-state index is -3.25. The molecule has 0 spiro atoms. The molecule has 0 aromatic rings. The third-order valence-corrected chi connectivity index (χ3v) is 6.72. The topological polar surface area (TPSA) is 63.6 Å². The summed E-state index contributed by atoms with van der Waals surface area (Å²) in [7, 11) is -3.25. The van der Waals surface area contributed by atoms with Crippen molar-refractivity contribution in [3.05, 3.63) is 0 Å². The summed E-state index contributed by atoms with van der Waals surface area (Å²) in [6.45, 7) is 5.65. The van der Waals surface area contributed by atoms with Crippen LogP contribution >= 0.6 is 0 Å². The van der Waals surface area contributed by atoms with Crippen LogP contribution in [-0.2, 0) is 14.6 Å². The fraction of sp³-hybridized carbons (Fsp3) is 1.00. The predicted molar refractivity (Wildman–Crippen MR) is 107 cm³/mol. The quantitative estimate of drug-likeness (QED) is 0.331. The minimum Gasteiger partial charge on any atom is -0.396 e. The van der Waals surface area contributed by atoms with Gasteiger partial charge in [0.25, 0.3) is 0 Å². The van der Waals surface area contributed by atoms with Crippen LogP contribution in [0.2, 0.25) is 0 Å². The molecule has 0 heterocycles.